The van der Waals surface area contributed by atoms with E-state index in [1.54, 1.807) is 0 Å². The fourth-order valence-corrected chi connectivity index (χ4v) is 1.37. The highest BCUT2D eigenvalue weighted by atomic mass is 16.6. The summed E-state index contributed by atoms with van der Waals surface area (Å²) in [5.74, 6) is 0. The molecule has 0 amide bonds. The van der Waals surface area contributed by atoms with Gasteiger partial charge in [-0.1, -0.05) is 0 Å². The predicted octanol–water partition coefficient (Wildman–Crippen LogP) is 0.886. The molecule has 1 aromatic carbocycles. The van der Waals surface area contributed by atoms with Crippen molar-refractivity contribution >= 4 is 11.4 Å². The number of anilines is 1. The summed E-state index contributed by atoms with van der Waals surface area (Å²) < 4.78 is 4.75. The van der Waals surface area contributed by atoms with Crippen LogP contribution in [0.1, 0.15) is 5.56 Å². The molecule has 7 heteroatoms. The number of hydrogen-bond donors (Lipinski definition) is 2. The van der Waals surface area contributed by atoms with Crippen LogP contribution in [0.15, 0.2) is 18.2 Å². The minimum absolute atomic E-state index is 0.144. The van der Waals surface area contributed by atoms with Crippen LogP contribution >= 0.6 is 0 Å². The van der Waals surface area contributed by atoms with Crippen molar-refractivity contribution in [2.75, 3.05) is 25.6 Å². The molecule has 1 rings (SSSR count). The molecule has 0 radical (unpaired) electrons. The van der Waals surface area contributed by atoms with Crippen molar-refractivity contribution in [3.05, 3.63) is 33.9 Å². The van der Waals surface area contributed by atoms with Crippen LogP contribution in [0.4, 0.5) is 11.4 Å². The van der Waals surface area contributed by atoms with Crippen molar-refractivity contribution in [1.82, 2.24) is 0 Å². The Balaban J connectivity index is 2.78. The first-order chi connectivity index (χ1) is 8.58. The first kappa shape index (κ1) is 13.9. The minimum Gasteiger partial charge on any atom is -0.389 e. The lowest BCUT2D eigenvalue weighted by molar-refractivity contribution is -0.384. The van der Waals surface area contributed by atoms with Crippen LogP contribution in [0.3, 0.4) is 0 Å². The lowest BCUT2D eigenvalue weighted by Gasteiger charge is -2.12. The molecule has 0 saturated carbocycles. The fourth-order valence-electron chi connectivity index (χ4n) is 1.37. The standard InChI is InChI=1S/C11H13N3O4/c1-18-7-10(15)6-13-11-3-2-9(14(16)17)4-8(11)5-12/h2-4,10,13,15H,6-7H2,1H3. The second-order valence-electron chi connectivity index (χ2n) is 3.59. The third-order valence-corrected chi connectivity index (χ3v) is 2.22. The molecule has 0 heterocycles. The number of aliphatic hydroxyl groups is 1. The number of nitro groups is 1. The number of benzene rings is 1. The van der Waals surface area contributed by atoms with Gasteiger partial charge in [-0.3, -0.25) is 10.1 Å². The molecule has 18 heavy (non-hydrogen) atoms. The van der Waals surface area contributed by atoms with Crippen molar-refractivity contribution in [3.63, 3.8) is 0 Å². The average Bonchev–Trinajstić information content (AvgIpc) is 2.36. The molecule has 0 fully saturated rings. The summed E-state index contributed by atoms with van der Waals surface area (Å²) in [5, 5.41) is 31.7. The maximum absolute atomic E-state index is 10.6. The number of nitrogens with zero attached hydrogens (tertiary/aromatic N) is 2. The number of ether oxygens (including phenoxy) is 1. The lowest BCUT2D eigenvalue weighted by atomic mass is 10.1. The Morgan fingerprint density at radius 3 is 2.94 bits per heavy atom. The van der Waals surface area contributed by atoms with E-state index in [9.17, 15) is 15.2 Å². The number of nitriles is 1. The first-order valence-electron chi connectivity index (χ1n) is 5.18. The lowest BCUT2D eigenvalue weighted by Crippen LogP contribution is -2.24. The maximum Gasteiger partial charge on any atom is 0.270 e. The van der Waals surface area contributed by atoms with Crippen LogP contribution in [0.2, 0.25) is 0 Å². The summed E-state index contributed by atoms with van der Waals surface area (Å²) in [5.41, 5.74) is 0.460. The Morgan fingerprint density at radius 1 is 1.67 bits per heavy atom. The van der Waals surface area contributed by atoms with Gasteiger partial charge in [-0.05, 0) is 6.07 Å². The summed E-state index contributed by atoms with van der Waals surface area (Å²) in [6, 6.07) is 5.79. The summed E-state index contributed by atoms with van der Waals surface area (Å²) in [6.07, 6.45) is -0.711. The normalized spacial score (nSPS) is 11.6. The summed E-state index contributed by atoms with van der Waals surface area (Å²) in [7, 11) is 1.47. The van der Waals surface area contributed by atoms with E-state index in [0.29, 0.717) is 5.69 Å². The van der Waals surface area contributed by atoms with E-state index in [1.807, 2.05) is 6.07 Å². The van der Waals surface area contributed by atoms with Gasteiger partial charge in [-0.25, -0.2) is 0 Å². The Hall–Kier alpha value is -2.17. The summed E-state index contributed by atoms with van der Waals surface area (Å²) in [6.45, 7) is 0.363. The molecule has 1 unspecified atom stereocenters. The second-order valence-corrected chi connectivity index (χ2v) is 3.59. The van der Waals surface area contributed by atoms with E-state index in [4.69, 9.17) is 10.00 Å². The minimum atomic E-state index is -0.711. The number of nitrogens with one attached hydrogen (secondary N) is 1. The van der Waals surface area contributed by atoms with Gasteiger partial charge in [-0.15, -0.1) is 0 Å². The van der Waals surface area contributed by atoms with E-state index in [1.165, 1.54) is 25.3 Å². The Morgan fingerprint density at radius 2 is 2.39 bits per heavy atom. The van der Waals surface area contributed by atoms with Crippen LogP contribution in [-0.2, 0) is 4.74 Å². The van der Waals surface area contributed by atoms with Gasteiger partial charge in [0, 0.05) is 25.8 Å². The van der Waals surface area contributed by atoms with Crippen LogP contribution in [0.25, 0.3) is 0 Å². The van der Waals surface area contributed by atoms with Gasteiger partial charge in [0.15, 0.2) is 0 Å². The topological polar surface area (TPSA) is 108 Å². The van der Waals surface area contributed by atoms with Gasteiger partial charge in [-0.2, -0.15) is 5.26 Å². The van der Waals surface area contributed by atoms with E-state index < -0.39 is 11.0 Å². The maximum atomic E-state index is 10.6. The highest BCUT2D eigenvalue weighted by Crippen LogP contribution is 2.21. The third-order valence-electron chi connectivity index (χ3n) is 2.22. The van der Waals surface area contributed by atoms with Gasteiger partial charge in [0.25, 0.3) is 5.69 Å². The zero-order valence-corrected chi connectivity index (χ0v) is 9.79. The second kappa shape index (κ2) is 6.54. The Labute approximate surface area is 104 Å². The zero-order chi connectivity index (χ0) is 13.5. The summed E-state index contributed by atoms with van der Waals surface area (Å²) in [4.78, 5) is 9.99. The monoisotopic (exact) mass is 251 g/mol. The number of nitro benzene ring substituents is 1. The smallest absolute Gasteiger partial charge is 0.270 e. The highest BCUT2D eigenvalue weighted by molar-refractivity contribution is 5.61. The fraction of sp³-hybridized carbons (Fsp3) is 0.364. The van der Waals surface area contributed by atoms with E-state index in [2.05, 4.69) is 5.32 Å². The van der Waals surface area contributed by atoms with Crippen LogP contribution in [0, 0.1) is 21.4 Å². The largest absolute Gasteiger partial charge is 0.389 e. The van der Waals surface area contributed by atoms with Crippen molar-refractivity contribution < 1.29 is 14.8 Å². The van der Waals surface area contributed by atoms with Gasteiger partial charge < -0.3 is 15.2 Å². The predicted molar refractivity (Wildman–Crippen MR) is 64.2 cm³/mol. The number of rotatable bonds is 6. The summed E-state index contributed by atoms with van der Waals surface area (Å²) >= 11 is 0. The van der Waals surface area contributed by atoms with Crippen molar-refractivity contribution in [2.24, 2.45) is 0 Å². The van der Waals surface area contributed by atoms with Crippen molar-refractivity contribution in [3.8, 4) is 6.07 Å². The molecular weight excluding hydrogens is 238 g/mol. The highest BCUT2D eigenvalue weighted by Gasteiger charge is 2.11. The van der Waals surface area contributed by atoms with Crippen LogP contribution < -0.4 is 5.32 Å². The molecule has 0 spiro atoms. The Kier molecular flexibility index (Phi) is 5.05. The van der Waals surface area contributed by atoms with Gasteiger partial charge in [0.05, 0.1) is 28.9 Å². The number of methoxy groups -OCH3 is 1. The number of aliphatic hydroxyl groups excluding tert-OH is 1. The molecule has 0 bridgehead atoms. The van der Waals surface area contributed by atoms with E-state index in [-0.39, 0.29) is 24.4 Å². The zero-order valence-electron chi connectivity index (χ0n) is 9.79. The molecule has 2 N–H and O–H groups in total. The van der Waals surface area contributed by atoms with Crippen LogP contribution in [-0.4, -0.2) is 36.4 Å². The van der Waals surface area contributed by atoms with Crippen molar-refractivity contribution in [1.29, 1.82) is 5.26 Å². The SMILES string of the molecule is COCC(O)CNc1ccc([N+](=O)[O-])cc1C#N. The quantitative estimate of drug-likeness (QED) is 0.574. The molecule has 7 nitrogen and oxygen atoms in total. The molecule has 0 aliphatic rings. The molecule has 0 aliphatic carbocycles. The Bertz CT molecular complexity index is 470. The van der Waals surface area contributed by atoms with E-state index in [0.717, 1.165) is 0 Å². The van der Waals surface area contributed by atoms with Gasteiger partial charge in [0.1, 0.15) is 6.07 Å². The molecule has 1 atom stereocenters. The number of non-ortho nitro benzene ring substituents is 1. The average molecular weight is 251 g/mol. The van der Waals surface area contributed by atoms with Crippen LogP contribution in [0.5, 0.6) is 0 Å². The number of hydrogen-bond acceptors (Lipinski definition) is 6. The molecule has 0 aromatic heterocycles. The van der Waals surface area contributed by atoms with Crippen molar-refractivity contribution in [2.45, 2.75) is 6.10 Å². The molecule has 1 aromatic rings. The molecule has 0 saturated heterocycles. The van der Waals surface area contributed by atoms with Gasteiger partial charge in [0.2, 0.25) is 0 Å². The first-order valence-corrected chi connectivity index (χ1v) is 5.18. The third kappa shape index (κ3) is 3.69. The molecule has 96 valence electrons. The molecule has 0 aliphatic heterocycles. The van der Waals surface area contributed by atoms with E-state index >= 15 is 0 Å². The van der Waals surface area contributed by atoms with Gasteiger partial charge >= 0.3 is 0 Å². The molecular formula is C11H13N3O4.